The van der Waals surface area contributed by atoms with Crippen molar-refractivity contribution in [3.8, 4) is 0 Å². The van der Waals surface area contributed by atoms with Crippen LogP contribution in [-0.2, 0) is 16.7 Å². The van der Waals surface area contributed by atoms with Crippen molar-refractivity contribution in [1.82, 2.24) is 0 Å². The maximum atomic E-state index is 10.4. The van der Waals surface area contributed by atoms with Gasteiger partial charge in [0.25, 0.3) is 5.01 Å². The van der Waals surface area contributed by atoms with E-state index in [2.05, 4.69) is 135 Å². The van der Waals surface area contributed by atoms with E-state index in [1.165, 1.54) is 50.1 Å². The van der Waals surface area contributed by atoms with E-state index in [-0.39, 0.29) is 4.90 Å². The SMILES string of the molecule is CCN1/C(=C/C=C/C=C/c2sc3ccc(I)cc3[n+]2CC)Sc2ccc(I)cc21.Cc1ccc(S(=O)(=O)[O-])cc1. The van der Waals surface area contributed by atoms with Crippen molar-refractivity contribution in [2.24, 2.45) is 0 Å². The topological polar surface area (TPSA) is 64.3 Å². The van der Waals surface area contributed by atoms with Gasteiger partial charge in [-0.25, -0.2) is 8.42 Å². The summed E-state index contributed by atoms with van der Waals surface area (Å²) in [6, 6.07) is 19.1. The second-order valence-corrected chi connectivity index (χ2v) is 14.8. The molecule has 0 radical (unpaired) electrons. The zero-order chi connectivity index (χ0) is 28.9. The van der Waals surface area contributed by atoms with E-state index >= 15 is 0 Å². The third-order valence-corrected chi connectivity index (χ3v) is 10.5. The summed E-state index contributed by atoms with van der Waals surface area (Å²) in [6.07, 6.45) is 10.8. The molecular weight excluding hydrogens is 786 g/mol. The van der Waals surface area contributed by atoms with Crippen molar-refractivity contribution in [3.63, 3.8) is 0 Å². The van der Waals surface area contributed by atoms with E-state index in [9.17, 15) is 13.0 Å². The summed E-state index contributed by atoms with van der Waals surface area (Å²) in [5, 5.41) is 2.57. The van der Waals surface area contributed by atoms with E-state index in [1.54, 1.807) is 12.1 Å². The Kier molecular flexibility index (Phi) is 10.9. The number of aromatic nitrogens is 1. The van der Waals surface area contributed by atoms with Crippen LogP contribution >= 0.6 is 68.3 Å². The van der Waals surface area contributed by atoms with Gasteiger partial charge in [0.05, 0.1) is 15.6 Å². The summed E-state index contributed by atoms with van der Waals surface area (Å²) in [4.78, 5) is 3.55. The van der Waals surface area contributed by atoms with Gasteiger partial charge in [0.2, 0.25) is 5.52 Å². The van der Waals surface area contributed by atoms with Crippen LogP contribution in [0.5, 0.6) is 0 Å². The van der Waals surface area contributed by atoms with Gasteiger partial charge in [0.15, 0.2) is 0 Å². The first-order valence-corrected chi connectivity index (χ1v) is 17.7. The molecule has 0 aliphatic carbocycles. The number of hydrogen-bond donors (Lipinski definition) is 0. The van der Waals surface area contributed by atoms with Gasteiger partial charge in [0, 0.05) is 30.7 Å². The standard InChI is InChI=1S/C23H21I2N2S2.C7H8O3S/c1-3-26-18-14-16(24)10-12-20(18)28-22(26)8-6-5-7-9-23-27(4-2)19-15-17(25)11-13-21(19)29-23;1-6-2-4-7(5-3-6)11(8,9)10/h5-15H,3-4H2,1-2H3;2-5H,1H3,(H,8,9,10)/q+1;/p-1. The van der Waals surface area contributed by atoms with E-state index in [0.717, 1.165) is 18.7 Å². The van der Waals surface area contributed by atoms with Crippen molar-refractivity contribution in [1.29, 1.82) is 0 Å². The van der Waals surface area contributed by atoms with E-state index < -0.39 is 10.1 Å². The van der Waals surface area contributed by atoms with Gasteiger partial charge in [-0.15, -0.1) is 0 Å². The fraction of sp³-hybridized carbons (Fsp3) is 0.167. The van der Waals surface area contributed by atoms with Gasteiger partial charge in [-0.2, -0.15) is 4.57 Å². The Balaban J connectivity index is 0.000000283. The van der Waals surface area contributed by atoms with Crippen LogP contribution in [0.4, 0.5) is 5.69 Å². The number of rotatable bonds is 6. The van der Waals surface area contributed by atoms with Gasteiger partial charge in [-0.3, -0.25) is 0 Å². The molecule has 0 saturated heterocycles. The Morgan fingerprint density at radius 1 is 0.950 bits per heavy atom. The third-order valence-electron chi connectivity index (χ3n) is 6.03. The molecule has 5 nitrogen and oxygen atoms in total. The molecule has 0 atom stereocenters. The summed E-state index contributed by atoms with van der Waals surface area (Å²) < 4.78 is 37.4. The zero-order valence-corrected chi connectivity index (χ0v) is 28.9. The average Bonchev–Trinajstić information content (AvgIpc) is 3.44. The lowest BCUT2D eigenvalue weighted by molar-refractivity contribution is -0.665. The summed E-state index contributed by atoms with van der Waals surface area (Å²) in [7, 11) is -4.27. The number of aryl methyl sites for hydroxylation is 2. The Hall–Kier alpha value is -1.71. The smallest absolute Gasteiger partial charge is 0.262 e. The highest BCUT2D eigenvalue weighted by atomic mass is 127. The quantitative estimate of drug-likeness (QED) is 0.0848. The van der Waals surface area contributed by atoms with Crippen molar-refractivity contribution < 1.29 is 17.5 Å². The van der Waals surface area contributed by atoms with Crippen LogP contribution in [0, 0.1) is 14.1 Å². The Labute approximate surface area is 271 Å². The average molecular weight is 815 g/mol. The zero-order valence-electron chi connectivity index (χ0n) is 22.2. The molecule has 208 valence electrons. The van der Waals surface area contributed by atoms with Crippen LogP contribution in [0.15, 0.2) is 99.8 Å². The monoisotopic (exact) mass is 814 g/mol. The molecule has 5 rings (SSSR count). The maximum absolute atomic E-state index is 10.4. The fourth-order valence-electron chi connectivity index (χ4n) is 4.09. The number of nitrogens with zero attached hydrogens (tertiary/aromatic N) is 2. The number of fused-ring (bicyclic) bond motifs is 2. The van der Waals surface area contributed by atoms with Gasteiger partial charge >= 0.3 is 0 Å². The van der Waals surface area contributed by atoms with Crippen molar-refractivity contribution in [2.45, 2.75) is 37.1 Å². The van der Waals surface area contributed by atoms with Crippen LogP contribution in [-0.4, -0.2) is 19.5 Å². The highest BCUT2D eigenvalue weighted by Gasteiger charge is 2.23. The van der Waals surface area contributed by atoms with Gasteiger partial charge < -0.3 is 9.45 Å². The minimum Gasteiger partial charge on any atom is -0.744 e. The molecule has 1 aliphatic heterocycles. The van der Waals surface area contributed by atoms with Crippen molar-refractivity contribution in [3.05, 3.63) is 108 Å². The van der Waals surface area contributed by atoms with Crippen LogP contribution in [0.2, 0.25) is 0 Å². The molecule has 1 aromatic heterocycles. The minimum absolute atomic E-state index is 0.178. The molecule has 0 N–H and O–H groups in total. The Morgan fingerprint density at radius 3 is 2.33 bits per heavy atom. The Bertz CT molecular complexity index is 1710. The van der Waals surface area contributed by atoms with E-state index in [4.69, 9.17) is 0 Å². The number of thioether (sulfide) groups is 1. The molecule has 3 aromatic carbocycles. The van der Waals surface area contributed by atoms with Crippen LogP contribution in [0.25, 0.3) is 16.3 Å². The summed E-state index contributed by atoms with van der Waals surface area (Å²) in [6.45, 7) is 8.19. The number of thiazole rings is 1. The number of allylic oxidation sites excluding steroid dienone is 4. The molecule has 10 heteroatoms. The minimum atomic E-state index is -4.27. The highest BCUT2D eigenvalue weighted by molar-refractivity contribution is 14.1. The first-order chi connectivity index (χ1) is 19.1. The molecular formula is C30H28I2N2O3S3. The molecule has 4 aromatic rings. The largest absolute Gasteiger partial charge is 0.744 e. The van der Waals surface area contributed by atoms with Crippen LogP contribution < -0.4 is 9.47 Å². The molecule has 0 spiro atoms. The number of hydrogen-bond acceptors (Lipinski definition) is 6. The van der Waals surface area contributed by atoms with Gasteiger partial charge in [0.1, 0.15) is 21.4 Å². The normalized spacial score (nSPS) is 14.3. The summed E-state index contributed by atoms with van der Waals surface area (Å²) >= 11 is 8.46. The second kappa shape index (κ2) is 14.0. The first-order valence-electron chi connectivity index (χ1n) is 12.5. The molecule has 0 fully saturated rings. The lowest BCUT2D eigenvalue weighted by Crippen LogP contribution is -2.33. The molecule has 40 heavy (non-hydrogen) atoms. The second-order valence-electron chi connectivity index (χ2n) is 8.77. The first kappa shape index (κ1) is 31.2. The van der Waals surface area contributed by atoms with E-state index in [0.29, 0.717) is 0 Å². The van der Waals surface area contributed by atoms with Crippen LogP contribution in [0.3, 0.4) is 0 Å². The van der Waals surface area contributed by atoms with Crippen molar-refractivity contribution in [2.75, 3.05) is 11.4 Å². The molecule has 0 saturated carbocycles. The van der Waals surface area contributed by atoms with Gasteiger partial charge in [-0.1, -0.05) is 59.0 Å². The van der Waals surface area contributed by atoms with Crippen LogP contribution in [0.1, 0.15) is 24.4 Å². The van der Waals surface area contributed by atoms with Gasteiger partial charge in [-0.05, 0) is 114 Å². The maximum Gasteiger partial charge on any atom is 0.262 e. The summed E-state index contributed by atoms with van der Waals surface area (Å²) in [5.74, 6) is 0. The molecule has 1 aliphatic rings. The van der Waals surface area contributed by atoms with E-state index in [1.807, 2.05) is 30.0 Å². The Morgan fingerprint density at radius 2 is 1.65 bits per heavy atom. The summed E-state index contributed by atoms with van der Waals surface area (Å²) in [5.41, 5.74) is 3.57. The predicted octanol–water partition coefficient (Wildman–Crippen LogP) is 8.36. The molecule has 0 unspecified atom stereocenters. The number of halogens is 2. The highest BCUT2D eigenvalue weighted by Crippen LogP contribution is 2.46. The number of benzene rings is 3. The molecule has 2 heterocycles. The lowest BCUT2D eigenvalue weighted by atomic mass is 10.2. The third kappa shape index (κ3) is 7.77. The number of anilines is 1. The fourth-order valence-corrected chi connectivity index (χ4v) is 7.75. The molecule has 0 amide bonds. The lowest BCUT2D eigenvalue weighted by Gasteiger charge is -2.17. The molecule has 0 bridgehead atoms. The van der Waals surface area contributed by atoms with Crippen molar-refractivity contribution >= 4 is 100 Å². The predicted molar refractivity (Wildman–Crippen MR) is 184 cm³/mol.